The van der Waals surface area contributed by atoms with Crippen LogP contribution in [0.4, 0.5) is 5.69 Å². The minimum absolute atomic E-state index is 0.0199. The van der Waals surface area contributed by atoms with Gasteiger partial charge in [0.2, 0.25) is 11.8 Å². The lowest BCUT2D eigenvalue weighted by Crippen LogP contribution is -2.46. The van der Waals surface area contributed by atoms with Crippen LogP contribution in [0, 0.1) is 0 Å². The second-order valence-electron chi connectivity index (χ2n) is 7.91. The first-order valence-corrected chi connectivity index (χ1v) is 10.3. The summed E-state index contributed by atoms with van der Waals surface area (Å²) in [6, 6.07) is 1.70. The van der Waals surface area contributed by atoms with Gasteiger partial charge < -0.3 is 15.4 Å². The molecule has 156 valence electrons. The average molecular weight is 411 g/mol. The minimum atomic E-state index is -0.454. The highest BCUT2D eigenvalue weighted by Gasteiger charge is 2.22. The molecule has 0 bridgehead atoms. The van der Waals surface area contributed by atoms with Gasteiger partial charge in [-0.05, 0) is 51.7 Å². The number of hydrogen-bond acceptors (Lipinski definition) is 7. The van der Waals surface area contributed by atoms with E-state index in [2.05, 4.69) is 20.4 Å². The molecule has 0 aromatic carbocycles. The number of amides is 2. The molecule has 1 fully saturated rings. The predicted molar refractivity (Wildman–Crippen MR) is 110 cm³/mol. The number of nitrogens with zero attached hydrogens (tertiary/aromatic N) is 2. The van der Waals surface area contributed by atoms with Gasteiger partial charge in [0, 0.05) is 18.6 Å². The summed E-state index contributed by atoms with van der Waals surface area (Å²) in [5.41, 5.74) is 0.245. The highest BCUT2D eigenvalue weighted by Crippen LogP contribution is 2.23. The summed E-state index contributed by atoms with van der Waals surface area (Å²) in [7, 11) is 1.32. The molecular weight excluding hydrogens is 380 g/mol. The number of hydrogen-bond donors (Lipinski definition) is 2. The van der Waals surface area contributed by atoms with Crippen molar-refractivity contribution in [1.29, 1.82) is 0 Å². The van der Waals surface area contributed by atoms with E-state index in [9.17, 15) is 14.4 Å². The number of thiophene rings is 1. The Labute approximate surface area is 170 Å². The third-order valence-corrected chi connectivity index (χ3v) is 5.13. The maximum absolute atomic E-state index is 12.4. The van der Waals surface area contributed by atoms with Crippen LogP contribution in [0.3, 0.4) is 0 Å². The first-order chi connectivity index (χ1) is 13.2. The molecule has 1 aliphatic rings. The summed E-state index contributed by atoms with van der Waals surface area (Å²) in [4.78, 5) is 40.8. The van der Waals surface area contributed by atoms with Gasteiger partial charge in [-0.25, -0.2) is 4.79 Å². The van der Waals surface area contributed by atoms with Gasteiger partial charge in [-0.1, -0.05) is 0 Å². The van der Waals surface area contributed by atoms with Gasteiger partial charge in [0.05, 0.1) is 25.9 Å². The Morgan fingerprint density at radius 2 is 1.68 bits per heavy atom. The lowest BCUT2D eigenvalue weighted by molar-refractivity contribution is -0.123. The van der Waals surface area contributed by atoms with E-state index in [1.54, 1.807) is 11.4 Å². The van der Waals surface area contributed by atoms with Crippen LogP contribution in [0.2, 0.25) is 0 Å². The second kappa shape index (κ2) is 9.99. The lowest BCUT2D eigenvalue weighted by atomic mass is 10.1. The van der Waals surface area contributed by atoms with Crippen molar-refractivity contribution < 1.29 is 19.1 Å². The Morgan fingerprint density at radius 3 is 2.25 bits per heavy atom. The van der Waals surface area contributed by atoms with E-state index in [1.807, 2.05) is 20.8 Å². The van der Waals surface area contributed by atoms with E-state index in [0.717, 1.165) is 26.1 Å². The van der Waals surface area contributed by atoms with Gasteiger partial charge >= 0.3 is 5.97 Å². The highest BCUT2D eigenvalue weighted by atomic mass is 32.1. The molecule has 1 aromatic heterocycles. The lowest BCUT2D eigenvalue weighted by Gasteiger charge is -2.25. The van der Waals surface area contributed by atoms with E-state index in [-0.39, 0.29) is 23.9 Å². The fraction of sp³-hybridized carbons (Fsp3) is 0.632. The SMILES string of the molecule is COC(=O)c1sccc1NC(=O)CN1CCCN(CC(=O)NC(C)(C)C)CC1. The third-order valence-electron chi connectivity index (χ3n) is 4.24. The average Bonchev–Trinajstić information content (AvgIpc) is 2.93. The van der Waals surface area contributed by atoms with Crippen molar-refractivity contribution in [2.45, 2.75) is 32.7 Å². The summed E-state index contributed by atoms with van der Waals surface area (Å²) < 4.78 is 4.73. The molecule has 0 unspecified atom stereocenters. The van der Waals surface area contributed by atoms with Crippen LogP contribution in [0.5, 0.6) is 0 Å². The van der Waals surface area contributed by atoms with E-state index in [1.165, 1.54) is 18.4 Å². The number of rotatable bonds is 6. The van der Waals surface area contributed by atoms with Crippen LogP contribution in [0.15, 0.2) is 11.4 Å². The molecule has 2 amide bonds. The number of ether oxygens (including phenoxy) is 1. The van der Waals surface area contributed by atoms with E-state index < -0.39 is 5.97 Å². The van der Waals surface area contributed by atoms with Gasteiger partial charge in [0.15, 0.2) is 0 Å². The maximum atomic E-state index is 12.4. The molecule has 1 saturated heterocycles. The zero-order valence-corrected chi connectivity index (χ0v) is 17.9. The number of methoxy groups -OCH3 is 1. The topological polar surface area (TPSA) is 91.0 Å². The number of anilines is 1. The standard InChI is InChI=1S/C19H30N4O4S/c1-19(2,3)21-16(25)13-23-8-5-7-22(9-10-23)12-15(24)20-14-6-11-28-17(14)18(26)27-4/h6,11H,5,7-10,12-13H2,1-4H3,(H,20,24)(H,21,25). The fourth-order valence-electron chi connectivity index (χ4n) is 3.05. The summed E-state index contributed by atoms with van der Waals surface area (Å²) >= 11 is 1.24. The van der Waals surface area contributed by atoms with Crippen LogP contribution >= 0.6 is 11.3 Å². The Bertz CT molecular complexity index is 698. The van der Waals surface area contributed by atoms with Crippen LogP contribution in [-0.4, -0.2) is 79.5 Å². The van der Waals surface area contributed by atoms with Gasteiger partial charge in [-0.15, -0.1) is 11.3 Å². The number of esters is 1. The van der Waals surface area contributed by atoms with Crippen molar-refractivity contribution in [3.63, 3.8) is 0 Å². The van der Waals surface area contributed by atoms with Crippen molar-refractivity contribution in [2.24, 2.45) is 0 Å². The monoisotopic (exact) mass is 410 g/mol. The van der Waals surface area contributed by atoms with Crippen LogP contribution < -0.4 is 10.6 Å². The van der Waals surface area contributed by atoms with Crippen LogP contribution in [0.1, 0.15) is 36.9 Å². The molecule has 8 nitrogen and oxygen atoms in total. The Hall–Kier alpha value is -1.97. The van der Waals surface area contributed by atoms with E-state index >= 15 is 0 Å². The predicted octanol–water partition coefficient (Wildman–Crippen LogP) is 1.40. The van der Waals surface area contributed by atoms with Crippen molar-refractivity contribution in [3.05, 3.63) is 16.3 Å². The molecule has 28 heavy (non-hydrogen) atoms. The smallest absolute Gasteiger partial charge is 0.350 e. The van der Waals surface area contributed by atoms with Crippen LogP contribution in [-0.2, 0) is 14.3 Å². The molecule has 0 atom stereocenters. The Morgan fingerprint density at radius 1 is 1.07 bits per heavy atom. The number of nitrogens with one attached hydrogen (secondary N) is 2. The summed E-state index contributed by atoms with van der Waals surface area (Å²) in [5.74, 6) is -0.599. The van der Waals surface area contributed by atoms with Gasteiger partial charge in [0.1, 0.15) is 4.88 Å². The zero-order chi connectivity index (χ0) is 20.7. The second-order valence-corrected chi connectivity index (χ2v) is 8.82. The number of carbonyl (C=O) groups is 3. The van der Waals surface area contributed by atoms with Crippen molar-refractivity contribution in [3.8, 4) is 0 Å². The normalized spacial score (nSPS) is 16.3. The van der Waals surface area contributed by atoms with E-state index in [0.29, 0.717) is 23.7 Å². The Kier molecular flexibility index (Phi) is 7.97. The first kappa shape index (κ1) is 22.3. The van der Waals surface area contributed by atoms with Crippen molar-refractivity contribution in [2.75, 3.05) is 51.7 Å². The Balaban J connectivity index is 1.81. The van der Waals surface area contributed by atoms with E-state index in [4.69, 9.17) is 4.74 Å². The molecule has 0 radical (unpaired) electrons. The van der Waals surface area contributed by atoms with Crippen LogP contribution in [0.25, 0.3) is 0 Å². The molecule has 0 aliphatic carbocycles. The summed E-state index contributed by atoms with van der Waals surface area (Å²) in [6.45, 7) is 9.57. The molecule has 9 heteroatoms. The third kappa shape index (κ3) is 7.21. The molecule has 1 aliphatic heterocycles. The quantitative estimate of drug-likeness (QED) is 0.689. The zero-order valence-electron chi connectivity index (χ0n) is 17.0. The van der Waals surface area contributed by atoms with Gasteiger partial charge in [-0.3, -0.25) is 19.4 Å². The molecule has 0 saturated carbocycles. The fourth-order valence-corrected chi connectivity index (χ4v) is 3.82. The molecular formula is C19H30N4O4S. The molecule has 2 rings (SSSR count). The van der Waals surface area contributed by atoms with Gasteiger partial charge in [-0.2, -0.15) is 0 Å². The van der Waals surface area contributed by atoms with Gasteiger partial charge in [0.25, 0.3) is 0 Å². The van der Waals surface area contributed by atoms with Crippen molar-refractivity contribution >= 4 is 34.8 Å². The summed E-state index contributed by atoms with van der Waals surface area (Å²) in [6.07, 6.45) is 0.891. The molecule has 0 spiro atoms. The number of carbonyl (C=O) groups excluding carboxylic acids is 3. The molecule has 2 N–H and O–H groups in total. The highest BCUT2D eigenvalue weighted by molar-refractivity contribution is 7.12. The molecule has 1 aromatic rings. The largest absolute Gasteiger partial charge is 0.465 e. The minimum Gasteiger partial charge on any atom is -0.465 e. The first-order valence-electron chi connectivity index (χ1n) is 9.39. The summed E-state index contributed by atoms with van der Waals surface area (Å²) in [5, 5.41) is 7.52. The van der Waals surface area contributed by atoms with Crippen molar-refractivity contribution in [1.82, 2.24) is 15.1 Å². The molecule has 2 heterocycles. The maximum Gasteiger partial charge on any atom is 0.350 e.